The Morgan fingerprint density at radius 2 is 0.927 bits per heavy atom. The van der Waals surface area contributed by atoms with Crippen LogP contribution in [0.25, 0.3) is 0 Å². The van der Waals surface area contributed by atoms with Crippen molar-refractivity contribution in [1.82, 2.24) is 5.32 Å². The van der Waals surface area contributed by atoms with Gasteiger partial charge >= 0.3 is 13.8 Å². The van der Waals surface area contributed by atoms with E-state index in [-0.39, 0.29) is 32.1 Å². The summed E-state index contributed by atoms with van der Waals surface area (Å²) in [7, 11) is -4.42. The average molecular weight is 800 g/mol. The Hall–Kier alpha value is -1.51. The van der Waals surface area contributed by atoms with Crippen molar-refractivity contribution in [2.24, 2.45) is 0 Å². The van der Waals surface area contributed by atoms with Gasteiger partial charge in [0.25, 0.3) is 0 Å². The molecule has 0 fully saturated rings. The van der Waals surface area contributed by atoms with E-state index in [9.17, 15) is 24.2 Å². The van der Waals surface area contributed by atoms with Crippen LogP contribution < -0.4 is 5.32 Å². The lowest BCUT2D eigenvalue weighted by Crippen LogP contribution is -2.27. The number of carbonyl (C=O) groups excluding carboxylic acids is 2. The van der Waals surface area contributed by atoms with Gasteiger partial charge in [-0.05, 0) is 64.2 Å². The molecule has 0 bridgehead atoms. The third-order valence-electron chi connectivity index (χ3n) is 9.85. The number of esters is 1. The highest BCUT2D eigenvalue weighted by atomic mass is 31.2. The van der Waals surface area contributed by atoms with E-state index in [1.807, 2.05) is 0 Å². The number of amides is 1. The Labute approximate surface area is 338 Å². The molecule has 1 amide bonds. The van der Waals surface area contributed by atoms with Crippen molar-refractivity contribution >= 4 is 19.7 Å². The third kappa shape index (κ3) is 43.5. The van der Waals surface area contributed by atoms with Gasteiger partial charge in [0.1, 0.15) is 12.7 Å². The van der Waals surface area contributed by atoms with Gasteiger partial charge in [-0.15, -0.1) is 0 Å². The molecule has 9 nitrogen and oxygen atoms in total. The number of phosphoric acid groups is 1. The third-order valence-corrected chi connectivity index (χ3v) is 10.8. The summed E-state index contributed by atoms with van der Waals surface area (Å²) < 4.78 is 26.9. The lowest BCUT2D eigenvalue weighted by molar-refractivity contribution is -0.147. The molecule has 0 aromatic heterocycles. The summed E-state index contributed by atoms with van der Waals surface area (Å²) in [5.74, 6) is -0.521. The number of phosphoric ester groups is 1. The number of hydrogen-bond acceptors (Lipinski definition) is 7. The fraction of sp³-hybridized carbons (Fsp3) is 0.867. The van der Waals surface area contributed by atoms with E-state index in [1.54, 1.807) is 0 Å². The molecule has 0 aromatic rings. The SMILES string of the molecule is CCCCCC/C=C\CCCCCCCC(=O)OCC(O)COP(=O)(O)OCCNC(=O)CCCCCCCCCCCCC/C=C/CCCCCCCC. The number of allylic oxidation sites excluding steroid dienone is 4. The van der Waals surface area contributed by atoms with Crippen molar-refractivity contribution in [3.8, 4) is 0 Å². The fourth-order valence-electron chi connectivity index (χ4n) is 6.37. The molecule has 324 valence electrons. The molecular weight excluding hydrogens is 713 g/mol. The minimum absolute atomic E-state index is 0.0824. The van der Waals surface area contributed by atoms with Crippen molar-refractivity contribution in [1.29, 1.82) is 0 Å². The van der Waals surface area contributed by atoms with Gasteiger partial charge in [0.05, 0.1) is 13.2 Å². The van der Waals surface area contributed by atoms with Crippen molar-refractivity contribution in [2.75, 3.05) is 26.4 Å². The van der Waals surface area contributed by atoms with E-state index >= 15 is 0 Å². The number of aliphatic hydroxyl groups excluding tert-OH is 1. The Morgan fingerprint density at radius 3 is 1.38 bits per heavy atom. The van der Waals surface area contributed by atoms with E-state index in [4.69, 9.17) is 13.8 Å². The lowest BCUT2D eigenvalue weighted by atomic mass is 10.0. The average Bonchev–Trinajstić information content (AvgIpc) is 3.17. The van der Waals surface area contributed by atoms with Gasteiger partial charge in [-0.1, -0.05) is 167 Å². The first kappa shape index (κ1) is 53.5. The minimum atomic E-state index is -4.42. The normalized spacial score (nSPS) is 13.5. The second-order valence-electron chi connectivity index (χ2n) is 15.4. The number of aliphatic hydroxyl groups is 1. The standard InChI is InChI=1S/C45H86NO8P/c1-3-5-7-9-11-13-15-17-18-19-20-21-22-23-24-26-27-29-31-33-35-37-44(48)46-39-40-53-55(50,51)54-42-43(47)41-52-45(49)38-36-34-32-30-28-25-16-14-12-10-8-6-4-2/h14,16-18,43,47H,3-13,15,19-42H2,1-2H3,(H,46,48)(H,50,51)/b16-14-,18-17+. The van der Waals surface area contributed by atoms with Crippen LogP contribution in [0.3, 0.4) is 0 Å². The maximum Gasteiger partial charge on any atom is 0.472 e. The van der Waals surface area contributed by atoms with Gasteiger partial charge in [0, 0.05) is 19.4 Å². The highest BCUT2D eigenvalue weighted by molar-refractivity contribution is 7.47. The van der Waals surface area contributed by atoms with E-state index in [0.29, 0.717) is 6.42 Å². The molecule has 0 radical (unpaired) electrons. The summed E-state index contributed by atoms with van der Waals surface area (Å²) in [6.07, 6.45) is 45.4. The van der Waals surface area contributed by atoms with Gasteiger partial charge in [-0.2, -0.15) is 0 Å². The molecule has 0 saturated heterocycles. The van der Waals surface area contributed by atoms with Crippen LogP contribution in [0, 0.1) is 0 Å². The Bertz CT molecular complexity index is 959. The summed E-state index contributed by atoms with van der Waals surface area (Å²) in [6, 6.07) is 0. The maximum atomic E-state index is 12.1. The van der Waals surface area contributed by atoms with Gasteiger partial charge in [0.15, 0.2) is 0 Å². The molecule has 0 spiro atoms. The predicted molar refractivity (Wildman–Crippen MR) is 229 cm³/mol. The van der Waals surface area contributed by atoms with E-state index in [1.165, 1.54) is 135 Å². The predicted octanol–water partition coefficient (Wildman–Crippen LogP) is 12.8. The number of hydrogen-bond donors (Lipinski definition) is 3. The zero-order valence-corrected chi connectivity index (χ0v) is 36.5. The second kappa shape index (κ2) is 42.1. The van der Waals surface area contributed by atoms with Gasteiger partial charge in [-0.3, -0.25) is 18.6 Å². The lowest BCUT2D eigenvalue weighted by Gasteiger charge is -2.15. The first-order chi connectivity index (χ1) is 26.8. The van der Waals surface area contributed by atoms with Crippen LogP contribution in [0.4, 0.5) is 0 Å². The van der Waals surface area contributed by atoms with Crippen LogP contribution in [0.1, 0.15) is 219 Å². The van der Waals surface area contributed by atoms with Crippen molar-refractivity contribution in [3.63, 3.8) is 0 Å². The summed E-state index contributed by atoms with van der Waals surface area (Å²) in [5.41, 5.74) is 0. The van der Waals surface area contributed by atoms with Gasteiger partial charge in [-0.25, -0.2) is 4.57 Å². The Kier molecular flexibility index (Phi) is 40.9. The smallest absolute Gasteiger partial charge is 0.463 e. The number of ether oxygens (including phenoxy) is 1. The Balaban J connectivity index is 3.56. The number of nitrogens with one attached hydrogen (secondary N) is 1. The molecule has 0 heterocycles. The van der Waals surface area contributed by atoms with E-state index in [0.717, 1.165) is 57.8 Å². The molecule has 0 saturated carbocycles. The summed E-state index contributed by atoms with van der Waals surface area (Å²) in [6.45, 7) is 3.54. The second-order valence-corrected chi connectivity index (χ2v) is 16.8. The molecular formula is C45H86NO8P. The van der Waals surface area contributed by atoms with Crippen LogP contribution in [-0.2, 0) is 27.9 Å². The summed E-state index contributed by atoms with van der Waals surface area (Å²) in [4.78, 5) is 33.9. The van der Waals surface area contributed by atoms with Crippen LogP contribution in [0.5, 0.6) is 0 Å². The van der Waals surface area contributed by atoms with Gasteiger partial charge < -0.3 is 20.1 Å². The summed E-state index contributed by atoms with van der Waals surface area (Å²) in [5, 5.41) is 12.7. The molecule has 0 aliphatic rings. The minimum Gasteiger partial charge on any atom is -0.463 e. The first-order valence-corrected chi connectivity index (χ1v) is 24.3. The molecule has 0 rings (SSSR count). The topological polar surface area (TPSA) is 131 Å². The van der Waals surface area contributed by atoms with Crippen molar-refractivity contribution < 1.29 is 37.9 Å². The number of carbonyl (C=O) groups is 2. The zero-order chi connectivity index (χ0) is 40.3. The van der Waals surface area contributed by atoms with Crippen LogP contribution >= 0.6 is 7.82 Å². The largest absolute Gasteiger partial charge is 0.472 e. The maximum absolute atomic E-state index is 12.1. The van der Waals surface area contributed by atoms with E-state index < -0.39 is 26.5 Å². The number of rotatable bonds is 43. The molecule has 3 N–H and O–H groups in total. The molecule has 0 aliphatic heterocycles. The monoisotopic (exact) mass is 800 g/mol. The molecule has 2 atom stereocenters. The van der Waals surface area contributed by atoms with Gasteiger partial charge in [0.2, 0.25) is 5.91 Å². The van der Waals surface area contributed by atoms with Crippen LogP contribution in [0.2, 0.25) is 0 Å². The van der Waals surface area contributed by atoms with E-state index in [2.05, 4.69) is 43.5 Å². The molecule has 55 heavy (non-hydrogen) atoms. The highest BCUT2D eigenvalue weighted by Crippen LogP contribution is 2.42. The van der Waals surface area contributed by atoms with Crippen molar-refractivity contribution in [2.45, 2.75) is 225 Å². The summed E-state index contributed by atoms with van der Waals surface area (Å²) >= 11 is 0. The van der Waals surface area contributed by atoms with Crippen LogP contribution in [0.15, 0.2) is 24.3 Å². The highest BCUT2D eigenvalue weighted by Gasteiger charge is 2.23. The molecule has 2 unspecified atom stereocenters. The van der Waals surface area contributed by atoms with Crippen molar-refractivity contribution in [3.05, 3.63) is 24.3 Å². The molecule has 10 heteroatoms. The van der Waals surface area contributed by atoms with Crippen LogP contribution in [-0.4, -0.2) is 54.3 Å². The fourth-order valence-corrected chi connectivity index (χ4v) is 7.13. The molecule has 0 aliphatic carbocycles. The first-order valence-electron chi connectivity index (χ1n) is 22.8. The number of unbranched alkanes of at least 4 members (excludes halogenated alkanes) is 26. The zero-order valence-electron chi connectivity index (χ0n) is 35.6. The Morgan fingerprint density at radius 1 is 0.545 bits per heavy atom. The molecule has 0 aromatic carbocycles. The quantitative estimate of drug-likeness (QED) is 0.0240.